The Bertz CT molecular complexity index is 992. The highest BCUT2D eigenvalue weighted by atomic mass is 35.5. The number of benzene rings is 2. The van der Waals surface area contributed by atoms with Crippen LogP contribution in [0.2, 0.25) is 0 Å². The van der Waals surface area contributed by atoms with Crippen LogP contribution in [0, 0.1) is 0 Å². The Morgan fingerprint density at radius 2 is 1.90 bits per heavy atom. The molecule has 0 amide bonds. The third-order valence-electron chi connectivity index (χ3n) is 5.25. The van der Waals surface area contributed by atoms with Crippen LogP contribution in [0.4, 0.5) is 0 Å². The molecule has 6 nitrogen and oxygen atoms in total. The van der Waals surface area contributed by atoms with Crippen LogP contribution in [0.1, 0.15) is 55.6 Å². The maximum atomic E-state index is 12.7. The number of phenols is 1. The van der Waals surface area contributed by atoms with E-state index in [2.05, 4.69) is 0 Å². The predicted octanol–water partition coefficient (Wildman–Crippen LogP) is 4.73. The van der Waals surface area contributed by atoms with Gasteiger partial charge in [-0.25, -0.2) is 0 Å². The molecule has 0 saturated heterocycles. The van der Waals surface area contributed by atoms with Gasteiger partial charge in [-0.2, -0.15) is 0 Å². The van der Waals surface area contributed by atoms with Crippen molar-refractivity contribution in [2.45, 2.75) is 56.9 Å². The van der Waals surface area contributed by atoms with E-state index < -0.39 is 16.9 Å². The molecule has 1 aliphatic heterocycles. The van der Waals surface area contributed by atoms with Crippen molar-refractivity contribution in [3.05, 3.63) is 53.1 Å². The second kappa shape index (κ2) is 8.42. The number of aliphatic carboxylic acids is 1. The minimum atomic E-state index is -1.06. The topological polar surface area (TPSA) is 93.1 Å². The number of carboxylic acid groups (broad SMARTS) is 1. The van der Waals surface area contributed by atoms with Crippen molar-refractivity contribution in [2.24, 2.45) is 0 Å². The first kappa shape index (κ1) is 22.9. The minimum absolute atomic E-state index is 0.0882. The molecule has 166 valence electrons. The van der Waals surface area contributed by atoms with Gasteiger partial charge in [-0.15, -0.1) is 11.6 Å². The summed E-state index contributed by atoms with van der Waals surface area (Å²) >= 11 is 5.78. The van der Waals surface area contributed by atoms with E-state index in [9.17, 15) is 14.7 Å². The summed E-state index contributed by atoms with van der Waals surface area (Å²) in [5, 5.41) is 18.3. The fraction of sp³-hybridized carbons (Fsp3) is 0.417. The number of fused-ring (bicyclic) bond motifs is 1. The normalized spacial score (nSPS) is 19.3. The number of halogens is 1. The molecular formula is C24H27ClO6. The lowest BCUT2D eigenvalue weighted by Gasteiger charge is -2.35. The van der Waals surface area contributed by atoms with Crippen molar-refractivity contribution in [1.29, 1.82) is 0 Å². The van der Waals surface area contributed by atoms with Crippen molar-refractivity contribution < 1.29 is 29.3 Å². The maximum Gasteiger partial charge on any atom is 0.321 e. The smallest absolute Gasteiger partial charge is 0.321 e. The molecule has 2 aromatic rings. The van der Waals surface area contributed by atoms with Crippen LogP contribution in [0.25, 0.3) is 0 Å². The lowest BCUT2D eigenvalue weighted by molar-refractivity contribution is -0.136. The number of hydrogen-bond donors (Lipinski definition) is 2. The zero-order valence-corrected chi connectivity index (χ0v) is 18.8. The Hall–Kier alpha value is -2.73. The Kier molecular flexibility index (Phi) is 6.23. The summed E-state index contributed by atoms with van der Waals surface area (Å²) in [6, 6.07) is 10.2. The van der Waals surface area contributed by atoms with Crippen LogP contribution in [0.15, 0.2) is 36.4 Å². The van der Waals surface area contributed by atoms with Crippen molar-refractivity contribution >= 4 is 23.4 Å². The number of ether oxygens (including phenoxy) is 2. The average Bonchev–Trinajstić information content (AvgIpc) is 2.67. The molecule has 0 bridgehead atoms. The summed E-state index contributed by atoms with van der Waals surface area (Å²) in [6.45, 7) is 7.91. The van der Waals surface area contributed by atoms with E-state index in [-0.39, 0.29) is 36.4 Å². The Morgan fingerprint density at radius 3 is 2.48 bits per heavy atom. The van der Waals surface area contributed by atoms with Crippen molar-refractivity contribution in [1.82, 2.24) is 0 Å². The van der Waals surface area contributed by atoms with Crippen molar-refractivity contribution in [2.75, 3.05) is 6.61 Å². The molecular weight excluding hydrogens is 420 g/mol. The third kappa shape index (κ3) is 5.31. The maximum absolute atomic E-state index is 12.7. The quantitative estimate of drug-likeness (QED) is 0.623. The highest BCUT2D eigenvalue weighted by molar-refractivity contribution is 6.29. The molecule has 2 unspecified atom stereocenters. The van der Waals surface area contributed by atoms with Gasteiger partial charge in [0.2, 0.25) is 0 Å². The van der Waals surface area contributed by atoms with Gasteiger partial charge in [0.05, 0.1) is 12.0 Å². The Morgan fingerprint density at radius 1 is 1.26 bits per heavy atom. The van der Waals surface area contributed by atoms with E-state index >= 15 is 0 Å². The number of hydrogen-bond acceptors (Lipinski definition) is 5. The van der Waals surface area contributed by atoms with Crippen LogP contribution in [0.5, 0.6) is 17.2 Å². The number of aromatic hydroxyl groups is 1. The van der Waals surface area contributed by atoms with Gasteiger partial charge in [-0.3, -0.25) is 9.59 Å². The number of alkyl halides is 1. The van der Waals surface area contributed by atoms with E-state index in [1.165, 1.54) is 6.07 Å². The highest BCUT2D eigenvalue weighted by Gasteiger charge is 2.38. The van der Waals surface area contributed by atoms with Crippen LogP contribution in [-0.2, 0) is 16.6 Å². The van der Waals surface area contributed by atoms with Gasteiger partial charge >= 0.3 is 5.97 Å². The van der Waals surface area contributed by atoms with Crippen molar-refractivity contribution in [3.8, 4) is 17.2 Å². The number of Topliss-reactive ketones (excluding diaryl/α,β-unsaturated/α-hetero) is 1. The highest BCUT2D eigenvalue weighted by Crippen LogP contribution is 2.41. The first-order chi connectivity index (χ1) is 14.4. The van der Waals surface area contributed by atoms with Gasteiger partial charge in [0.25, 0.3) is 0 Å². The first-order valence-corrected chi connectivity index (χ1v) is 10.5. The second-order valence-electron chi connectivity index (χ2n) is 9.21. The monoisotopic (exact) mass is 446 g/mol. The van der Waals surface area contributed by atoms with Gasteiger partial charge in [0, 0.05) is 5.56 Å². The zero-order valence-electron chi connectivity index (χ0n) is 18.1. The molecule has 3 rings (SSSR count). The first-order valence-electron chi connectivity index (χ1n) is 10.1. The van der Waals surface area contributed by atoms with Gasteiger partial charge in [0.1, 0.15) is 34.8 Å². The van der Waals surface area contributed by atoms with Crippen molar-refractivity contribution in [3.63, 3.8) is 0 Å². The van der Waals surface area contributed by atoms with E-state index in [1.807, 2.05) is 27.7 Å². The van der Waals surface area contributed by atoms with E-state index in [1.54, 1.807) is 30.3 Å². The summed E-state index contributed by atoms with van der Waals surface area (Å²) in [6.07, 6.45) is 0.338. The molecule has 2 N–H and O–H groups in total. The molecule has 7 heteroatoms. The van der Waals surface area contributed by atoms with E-state index in [0.717, 1.165) is 5.56 Å². The zero-order chi connectivity index (χ0) is 23.0. The fourth-order valence-corrected chi connectivity index (χ4v) is 3.72. The molecule has 2 aromatic carbocycles. The minimum Gasteiger partial charge on any atom is -0.508 e. The summed E-state index contributed by atoms with van der Waals surface area (Å²) in [5.74, 6) is -0.0561. The van der Waals surface area contributed by atoms with Crippen LogP contribution < -0.4 is 9.47 Å². The average molecular weight is 447 g/mol. The lowest BCUT2D eigenvalue weighted by atomic mass is 9.83. The molecule has 31 heavy (non-hydrogen) atoms. The predicted molar refractivity (Wildman–Crippen MR) is 118 cm³/mol. The third-order valence-corrected chi connectivity index (χ3v) is 5.59. The van der Waals surface area contributed by atoms with Gasteiger partial charge in [-0.1, -0.05) is 32.9 Å². The number of rotatable bonds is 6. The largest absolute Gasteiger partial charge is 0.508 e. The molecule has 0 aromatic heterocycles. The van der Waals surface area contributed by atoms with E-state index in [0.29, 0.717) is 22.6 Å². The van der Waals surface area contributed by atoms with Crippen LogP contribution >= 0.6 is 11.6 Å². The Labute approximate surface area is 186 Å². The summed E-state index contributed by atoms with van der Waals surface area (Å²) < 4.78 is 12.0. The molecule has 0 radical (unpaired) electrons. The molecule has 0 saturated carbocycles. The standard InChI is InChI=1S/C24H27ClO6/c1-23(2,3)17-11-21-16(10-19(17)26)20(27)12-24(4,31-21)13-30-15-7-5-14(6-8-15)9-18(25)22(28)29/h5-8,10-11,18,26H,9,12-13H2,1-4H3,(H,28,29). The number of phenolic OH excluding ortho intramolecular Hbond substituents is 1. The fourth-order valence-electron chi connectivity index (χ4n) is 3.54. The van der Waals surface area contributed by atoms with Gasteiger partial charge in [0.15, 0.2) is 5.78 Å². The number of carbonyl (C=O) groups is 2. The SMILES string of the molecule is CC1(COc2ccc(CC(Cl)C(=O)O)cc2)CC(=O)c2cc(O)c(C(C)(C)C)cc2O1. The molecule has 2 atom stereocenters. The molecule has 1 aliphatic rings. The summed E-state index contributed by atoms with van der Waals surface area (Å²) in [7, 11) is 0. The van der Waals surface area contributed by atoms with Crippen LogP contribution in [0.3, 0.4) is 0 Å². The van der Waals surface area contributed by atoms with Gasteiger partial charge < -0.3 is 19.7 Å². The molecule has 1 heterocycles. The number of carbonyl (C=O) groups excluding carboxylic acids is 1. The number of ketones is 1. The summed E-state index contributed by atoms with van der Waals surface area (Å²) in [5.41, 5.74) is 0.702. The number of carboxylic acids is 1. The Balaban J connectivity index is 1.72. The summed E-state index contributed by atoms with van der Waals surface area (Å²) in [4.78, 5) is 23.6. The van der Waals surface area contributed by atoms with E-state index in [4.69, 9.17) is 26.2 Å². The molecule has 0 aliphatic carbocycles. The second-order valence-corrected chi connectivity index (χ2v) is 9.74. The lowest BCUT2D eigenvalue weighted by Crippen LogP contribution is -2.44. The van der Waals surface area contributed by atoms with Crippen LogP contribution in [-0.4, -0.2) is 39.6 Å². The molecule has 0 fully saturated rings. The van der Waals surface area contributed by atoms with Gasteiger partial charge in [-0.05, 0) is 48.6 Å². The molecule has 0 spiro atoms.